The van der Waals surface area contributed by atoms with Gasteiger partial charge in [-0.25, -0.2) is 0 Å². The van der Waals surface area contributed by atoms with Crippen molar-refractivity contribution in [3.63, 3.8) is 0 Å². The van der Waals surface area contributed by atoms with Crippen LogP contribution in [-0.4, -0.2) is 17.3 Å². The van der Waals surface area contributed by atoms with Crippen LogP contribution in [0.4, 0.5) is 0 Å². The molecule has 1 unspecified atom stereocenters. The molecule has 0 radical (unpaired) electrons. The van der Waals surface area contributed by atoms with Crippen LogP contribution in [0.25, 0.3) is 0 Å². The van der Waals surface area contributed by atoms with E-state index in [9.17, 15) is 5.11 Å². The van der Waals surface area contributed by atoms with E-state index < -0.39 is 11.9 Å². The number of hydrogen-bond donors (Lipinski definition) is 1. The lowest BCUT2D eigenvalue weighted by Crippen LogP contribution is -2.48. The number of fused-ring (bicyclic) bond motifs is 2. The number of rotatable bonds is 3. The molecule has 2 heterocycles. The minimum absolute atomic E-state index is 0.0602. The Morgan fingerprint density at radius 2 is 1.85 bits per heavy atom. The lowest BCUT2D eigenvalue weighted by atomic mass is 9.88. The largest absolute Gasteiger partial charge is 0.387 e. The fourth-order valence-corrected chi connectivity index (χ4v) is 4.34. The van der Waals surface area contributed by atoms with Crippen LogP contribution in [0.2, 0.25) is 5.02 Å². The molecular weight excluding hydrogens is 348 g/mol. The molecule has 1 fully saturated rings. The van der Waals surface area contributed by atoms with E-state index in [4.69, 9.17) is 21.1 Å². The zero-order valence-electron chi connectivity index (χ0n) is 15.3. The summed E-state index contributed by atoms with van der Waals surface area (Å²) < 4.78 is 12.2. The first kappa shape index (κ1) is 18.0. The fourth-order valence-electron chi connectivity index (χ4n) is 4.09. The van der Waals surface area contributed by atoms with E-state index in [2.05, 4.69) is 31.2 Å². The first-order chi connectivity index (χ1) is 12.5. The van der Waals surface area contributed by atoms with Gasteiger partial charge in [0.05, 0.1) is 12.7 Å². The number of aliphatic hydroxyl groups is 1. The number of aryl methyl sites for hydroxylation is 1. The molecule has 3 atom stereocenters. The highest BCUT2D eigenvalue weighted by molar-refractivity contribution is 6.31. The Hall–Kier alpha value is -1.39. The zero-order valence-corrected chi connectivity index (χ0v) is 16.1. The van der Waals surface area contributed by atoms with Crippen molar-refractivity contribution in [2.45, 2.75) is 64.1 Å². The van der Waals surface area contributed by atoms with Crippen molar-refractivity contribution in [1.82, 2.24) is 0 Å². The molecule has 0 aliphatic carbocycles. The van der Waals surface area contributed by atoms with E-state index in [1.165, 1.54) is 11.1 Å². The molecule has 4 rings (SSSR count). The summed E-state index contributed by atoms with van der Waals surface area (Å²) >= 11 is 6.55. The van der Waals surface area contributed by atoms with E-state index in [1.807, 2.05) is 19.1 Å². The van der Waals surface area contributed by atoms with Gasteiger partial charge in [0.15, 0.2) is 0 Å². The van der Waals surface area contributed by atoms with Gasteiger partial charge >= 0.3 is 0 Å². The SMILES string of the molecule is CCc1ccc(Cc2c(Cl)ccc3c2COC32O[C@H](C)CC[C@H]2O)cc1. The van der Waals surface area contributed by atoms with Crippen molar-refractivity contribution < 1.29 is 14.6 Å². The van der Waals surface area contributed by atoms with E-state index in [-0.39, 0.29) is 6.10 Å². The third-order valence-corrected chi connectivity index (χ3v) is 6.01. The minimum Gasteiger partial charge on any atom is -0.387 e. The number of benzene rings is 2. The van der Waals surface area contributed by atoms with Crippen molar-refractivity contribution in [1.29, 1.82) is 0 Å². The third kappa shape index (κ3) is 2.97. The Morgan fingerprint density at radius 1 is 1.12 bits per heavy atom. The summed E-state index contributed by atoms with van der Waals surface area (Å²) in [6.07, 6.45) is 2.70. The highest BCUT2D eigenvalue weighted by atomic mass is 35.5. The molecule has 2 aliphatic rings. The lowest BCUT2D eigenvalue weighted by Gasteiger charge is -2.41. The Bertz CT molecular complexity index is 802. The number of halogens is 1. The van der Waals surface area contributed by atoms with Gasteiger partial charge in [0, 0.05) is 10.6 Å². The second kappa shape index (κ2) is 6.97. The van der Waals surface area contributed by atoms with E-state index >= 15 is 0 Å². The van der Waals surface area contributed by atoms with Crippen LogP contribution >= 0.6 is 11.6 Å². The molecule has 2 aliphatic heterocycles. The van der Waals surface area contributed by atoms with Gasteiger partial charge in [0.1, 0.15) is 6.10 Å². The van der Waals surface area contributed by atoms with Crippen molar-refractivity contribution in [3.05, 3.63) is 69.2 Å². The van der Waals surface area contributed by atoms with Gasteiger partial charge in [-0.05, 0) is 60.9 Å². The average molecular weight is 373 g/mol. The molecule has 0 amide bonds. The van der Waals surface area contributed by atoms with Gasteiger partial charge in [0.25, 0.3) is 0 Å². The van der Waals surface area contributed by atoms with Gasteiger partial charge in [-0.15, -0.1) is 0 Å². The van der Waals surface area contributed by atoms with Crippen LogP contribution < -0.4 is 0 Å². The highest BCUT2D eigenvalue weighted by Crippen LogP contribution is 2.47. The van der Waals surface area contributed by atoms with Crippen molar-refractivity contribution >= 4 is 11.6 Å². The zero-order chi connectivity index (χ0) is 18.3. The van der Waals surface area contributed by atoms with Crippen molar-refractivity contribution in [2.24, 2.45) is 0 Å². The molecule has 26 heavy (non-hydrogen) atoms. The lowest BCUT2D eigenvalue weighted by molar-refractivity contribution is -0.322. The topological polar surface area (TPSA) is 38.7 Å². The standard InChI is InChI=1S/C22H25ClO3/c1-3-15-5-7-16(8-6-15)12-17-18-13-25-22(19(18)9-10-20(17)23)21(24)11-4-14(2)26-22/h5-10,14,21,24H,3-4,11-13H2,1-2H3/t14-,21-,22?/m1/s1. The van der Waals surface area contributed by atoms with Crippen LogP contribution in [0.1, 0.15) is 54.5 Å². The third-order valence-electron chi connectivity index (χ3n) is 5.65. The molecular formula is C22H25ClO3. The molecule has 0 bridgehead atoms. The average Bonchev–Trinajstić information content (AvgIpc) is 3.01. The van der Waals surface area contributed by atoms with E-state index in [0.29, 0.717) is 13.0 Å². The summed E-state index contributed by atoms with van der Waals surface area (Å²) in [4.78, 5) is 0. The molecule has 4 heteroatoms. The summed E-state index contributed by atoms with van der Waals surface area (Å²) in [6.45, 7) is 4.60. The van der Waals surface area contributed by atoms with Crippen LogP contribution in [0.5, 0.6) is 0 Å². The van der Waals surface area contributed by atoms with Gasteiger partial charge in [-0.2, -0.15) is 0 Å². The Labute approximate surface area is 159 Å². The van der Waals surface area contributed by atoms with Crippen molar-refractivity contribution in [2.75, 3.05) is 0 Å². The molecule has 3 nitrogen and oxygen atoms in total. The predicted molar refractivity (Wildman–Crippen MR) is 102 cm³/mol. The number of aliphatic hydroxyl groups excluding tert-OH is 1. The van der Waals surface area contributed by atoms with Crippen LogP contribution in [0, 0.1) is 0 Å². The Morgan fingerprint density at radius 3 is 2.58 bits per heavy atom. The first-order valence-corrected chi connectivity index (χ1v) is 9.79. The van der Waals surface area contributed by atoms with Gasteiger partial charge < -0.3 is 14.6 Å². The first-order valence-electron chi connectivity index (χ1n) is 9.42. The van der Waals surface area contributed by atoms with Crippen LogP contribution in [0.3, 0.4) is 0 Å². The summed E-state index contributed by atoms with van der Waals surface area (Å²) in [7, 11) is 0. The van der Waals surface area contributed by atoms with Crippen molar-refractivity contribution in [3.8, 4) is 0 Å². The molecule has 0 aromatic heterocycles. The minimum atomic E-state index is -1.04. The van der Waals surface area contributed by atoms with E-state index in [0.717, 1.165) is 41.0 Å². The van der Waals surface area contributed by atoms with Crippen LogP contribution in [0.15, 0.2) is 36.4 Å². The summed E-state index contributed by atoms with van der Waals surface area (Å²) in [5, 5.41) is 11.4. The fraction of sp³-hybridized carbons (Fsp3) is 0.455. The van der Waals surface area contributed by atoms with E-state index in [1.54, 1.807) is 0 Å². The predicted octanol–water partition coefficient (Wildman–Crippen LogP) is 4.74. The smallest absolute Gasteiger partial charge is 0.222 e. The molecule has 2 aromatic carbocycles. The quantitative estimate of drug-likeness (QED) is 0.846. The number of hydrogen-bond acceptors (Lipinski definition) is 3. The molecule has 1 saturated heterocycles. The second-order valence-corrected chi connectivity index (χ2v) is 7.78. The molecule has 1 spiro atoms. The maximum atomic E-state index is 10.6. The number of ether oxygens (including phenoxy) is 2. The van der Waals surface area contributed by atoms with Gasteiger partial charge in [0.2, 0.25) is 5.79 Å². The Kier molecular flexibility index (Phi) is 4.83. The van der Waals surface area contributed by atoms with Crippen LogP contribution in [-0.2, 0) is 34.7 Å². The summed E-state index contributed by atoms with van der Waals surface area (Å²) in [6, 6.07) is 12.5. The maximum Gasteiger partial charge on any atom is 0.222 e. The molecule has 138 valence electrons. The molecule has 0 saturated carbocycles. The van der Waals surface area contributed by atoms with Gasteiger partial charge in [-0.3, -0.25) is 0 Å². The Balaban J connectivity index is 1.71. The monoisotopic (exact) mass is 372 g/mol. The normalized spacial score (nSPS) is 27.7. The summed E-state index contributed by atoms with van der Waals surface area (Å²) in [5.74, 6) is -1.04. The van der Waals surface area contributed by atoms with Gasteiger partial charge in [-0.1, -0.05) is 48.9 Å². The second-order valence-electron chi connectivity index (χ2n) is 7.38. The molecule has 1 N–H and O–H groups in total. The highest BCUT2D eigenvalue weighted by Gasteiger charge is 2.51. The maximum absolute atomic E-state index is 10.6. The summed E-state index contributed by atoms with van der Waals surface area (Å²) in [5.41, 5.74) is 5.61. The molecule has 2 aromatic rings.